The Hall–Kier alpha value is -1.88. The highest BCUT2D eigenvalue weighted by molar-refractivity contribution is 5.94. The number of nitrogens with zero attached hydrogens (tertiary/aromatic N) is 1. The van der Waals surface area contributed by atoms with Crippen molar-refractivity contribution in [3.8, 4) is 0 Å². The monoisotopic (exact) mass is 277 g/mol. The van der Waals surface area contributed by atoms with Crippen molar-refractivity contribution in [3.05, 3.63) is 29.8 Å². The van der Waals surface area contributed by atoms with E-state index in [0.717, 1.165) is 12.0 Å². The number of hydrogen-bond acceptors (Lipinski definition) is 3. The van der Waals surface area contributed by atoms with E-state index in [4.69, 9.17) is 5.73 Å². The molecule has 0 aromatic heterocycles. The summed E-state index contributed by atoms with van der Waals surface area (Å²) in [6, 6.07) is 6.77. The first-order valence-electron chi connectivity index (χ1n) is 6.79. The van der Waals surface area contributed by atoms with Crippen molar-refractivity contribution >= 4 is 17.5 Å². The molecule has 0 spiro atoms. The van der Waals surface area contributed by atoms with E-state index in [2.05, 4.69) is 5.32 Å². The molecular formula is C15H23N3O2. The highest BCUT2D eigenvalue weighted by Gasteiger charge is 2.12. The van der Waals surface area contributed by atoms with Crippen LogP contribution in [0.5, 0.6) is 0 Å². The van der Waals surface area contributed by atoms with Gasteiger partial charge in [-0.2, -0.15) is 0 Å². The van der Waals surface area contributed by atoms with Gasteiger partial charge in [-0.1, -0.05) is 25.5 Å². The van der Waals surface area contributed by atoms with Crippen LogP contribution >= 0.6 is 0 Å². The molecule has 0 saturated heterocycles. The molecule has 0 aliphatic carbocycles. The molecule has 0 heterocycles. The van der Waals surface area contributed by atoms with Gasteiger partial charge in [0.25, 0.3) is 0 Å². The number of carbonyl (C=O) groups is 2. The second-order valence-corrected chi connectivity index (χ2v) is 5.05. The number of carbonyl (C=O) groups excluding carboxylic acids is 2. The molecule has 20 heavy (non-hydrogen) atoms. The van der Waals surface area contributed by atoms with Gasteiger partial charge in [0.15, 0.2) is 0 Å². The van der Waals surface area contributed by atoms with Gasteiger partial charge < -0.3 is 16.0 Å². The van der Waals surface area contributed by atoms with E-state index in [1.165, 1.54) is 0 Å². The minimum Gasteiger partial charge on any atom is -0.349 e. The van der Waals surface area contributed by atoms with Crippen molar-refractivity contribution in [2.24, 2.45) is 5.73 Å². The fourth-order valence-electron chi connectivity index (χ4n) is 1.72. The Kier molecular flexibility index (Phi) is 6.18. The Morgan fingerprint density at radius 2 is 1.85 bits per heavy atom. The second kappa shape index (κ2) is 7.65. The van der Waals surface area contributed by atoms with Crippen molar-refractivity contribution < 1.29 is 9.59 Å². The average molecular weight is 277 g/mol. The number of amides is 2. The first kappa shape index (κ1) is 16.2. The third-order valence-corrected chi connectivity index (χ3v) is 3.01. The molecule has 1 aromatic carbocycles. The summed E-state index contributed by atoms with van der Waals surface area (Å²) in [6.07, 6.45) is 1.90. The average Bonchev–Trinajstić information content (AvgIpc) is 2.41. The molecule has 0 bridgehead atoms. The molecule has 0 unspecified atom stereocenters. The SMILES string of the molecule is CCC[C@@H](N)C(=O)Nc1ccc(CC(=O)N(C)C)cc1. The minimum atomic E-state index is -0.477. The predicted molar refractivity (Wildman–Crippen MR) is 80.4 cm³/mol. The fourth-order valence-corrected chi connectivity index (χ4v) is 1.72. The van der Waals surface area contributed by atoms with Crippen LogP contribution in [0.2, 0.25) is 0 Å². The quantitative estimate of drug-likeness (QED) is 0.825. The summed E-state index contributed by atoms with van der Waals surface area (Å²) in [5.74, 6) is -0.129. The third kappa shape index (κ3) is 5.01. The lowest BCUT2D eigenvalue weighted by atomic mass is 10.1. The van der Waals surface area contributed by atoms with Gasteiger partial charge in [0, 0.05) is 19.8 Å². The fraction of sp³-hybridized carbons (Fsp3) is 0.467. The summed E-state index contributed by atoms with van der Waals surface area (Å²) in [5, 5.41) is 2.77. The smallest absolute Gasteiger partial charge is 0.241 e. The van der Waals surface area contributed by atoms with Crippen LogP contribution in [-0.2, 0) is 16.0 Å². The van der Waals surface area contributed by atoms with Gasteiger partial charge in [0.1, 0.15) is 0 Å². The molecule has 0 radical (unpaired) electrons. The Bertz CT molecular complexity index is 455. The zero-order chi connectivity index (χ0) is 15.1. The molecule has 0 aliphatic heterocycles. The van der Waals surface area contributed by atoms with Crippen LogP contribution in [0.15, 0.2) is 24.3 Å². The molecule has 3 N–H and O–H groups in total. The van der Waals surface area contributed by atoms with Crippen LogP contribution in [0.25, 0.3) is 0 Å². The lowest BCUT2D eigenvalue weighted by molar-refractivity contribution is -0.128. The first-order chi connectivity index (χ1) is 9.43. The molecule has 110 valence electrons. The summed E-state index contributed by atoms with van der Waals surface area (Å²) < 4.78 is 0. The summed E-state index contributed by atoms with van der Waals surface area (Å²) in [5.41, 5.74) is 7.36. The van der Waals surface area contributed by atoms with E-state index < -0.39 is 6.04 Å². The molecule has 0 aliphatic rings. The number of anilines is 1. The number of nitrogens with one attached hydrogen (secondary N) is 1. The van der Waals surface area contributed by atoms with Crippen LogP contribution in [0.4, 0.5) is 5.69 Å². The number of hydrogen-bond donors (Lipinski definition) is 2. The zero-order valence-electron chi connectivity index (χ0n) is 12.3. The van der Waals surface area contributed by atoms with Gasteiger partial charge >= 0.3 is 0 Å². The van der Waals surface area contributed by atoms with Crippen molar-refractivity contribution in [2.45, 2.75) is 32.2 Å². The summed E-state index contributed by atoms with van der Waals surface area (Å²) >= 11 is 0. The van der Waals surface area contributed by atoms with E-state index in [1.807, 2.05) is 19.1 Å². The van der Waals surface area contributed by atoms with Gasteiger partial charge in [-0.25, -0.2) is 0 Å². The summed E-state index contributed by atoms with van der Waals surface area (Å²) in [7, 11) is 3.46. The van der Waals surface area contributed by atoms with Gasteiger partial charge in [-0.3, -0.25) is 9.59 Å². The molecule has 0 saturated carbocycles. The van der Waals surface area contributed by atoms with Gasteiger partial charge in [-0.15, -0.1) is 0 Å². The second-order valence-electron chi connectivity index (χ2n) is 5.05. The Balaban J connectivity index is 2.58. The maximum Gasteiger partial charge on any atom is 0.241 e. The molecular weight excluding hydrogens is 254 g/mol. The highest BCUT2D eigenvalue weighted by Crippen LogP contribution is 2.11. The molecule has 1 atom stereocenters. The van der Waals surface area contributed by atoms with Gasteiger partial charge in [-0.05, 0) is 24.1 Å². The van der Waals surface area contributed by atoms with Gasteiger partial charge in [0.2, 0.25) is 11.8 Å². The predicted octanol–water partition coefficient (Wildman–Crippen LogP) is 1.38. The number of rotatable bonds is 6. The maximum absolute atomic E-state index is 11.8. The largest absolute Gasteiger partial charge is 0.349 e. The normalized spacial score (nSPS) is 11.8. The first-order valence-corrected chi connectivity index (χ1v) is 6.79. The van der Waals surface area contributed by atoms with E-state index >= 15 is 0 Å². The van der Waals surface area contributed by atoms with Crippen molar-refractivity contribution in [2.75, 3.05) is 19.4 Å². The Labute approximate surface area is 120 Å². The number of benzene rings is 1. The van der Waals surface area contributed by atoms with Crippen LogP contribution in [-0.4, -0.2) is 36.9 Å². The van der Waals surface area contributed by atoms with E-state index in [9.17, 15) is 9.59 Å². The molecule has 2 amide bonds. The molecule has 1 aromatic rings. The van der Waals surface area contributed by atoms with E-state index in [1.54, 1.807) is 31.1 Å². The standard InChI is InChI=1S/C15H23N3O2/c1-4-5-13(16)15(20)17-12-8-6-11(7-9-12)10-14(19)18(2)3/h6-9,13H,4-5,10,16H2,1-3H3,(H,17,20)/t13-/m1/s1. The Morgan fingerprint density at radius 1 is 1.25 bits per heavy atom. The van der Waals surface area contributed by atoms with E-state index in [-0.39, 0.29) is 11.8 Å². The molecule has 0 fully saturated rings. The van der Waals surface area contributed by atoms with Crippen molar-refractivity contribution in [1.82, 2.24) is 4.90 Å². The molecule has 5 nitrogen and oxygen atoms in total. The lowest BCUT2D eigenvalue weighted by Gasteiger charge is -2.12. The zero-order valence-corrected chi connectivity index (χ0v) is 12.3. The van der Waals surface area contributed by atoms with Gasteiger partial charge in [0.05, 0.1) is 12.5 Å². The molecule has 5 heteroatoms. The third-order valence-electron chi connectivity index (χ3n) is 3.01. The van der Waals surface area contributed by atoms with Crippen LogP contribution in [0, 0.1) is 0 Å². The number of likely N-dealkylation sites (N-methyl/N-ethyl adjacent to an activating group) is 1. The van der Waals surface area contributed by atoms with Crippen LogP contribution in [0.1, 0.15) is 25.3 Å². The summed E-state index contributed by atoms with van der Waals surface area (Å²) in [4.78, 5) is 24.9. The molecule has 1 rings (SSSR count). The summed E-state index contributed by atoms with van der Waals surface area (Å²) in [6.45, 7) is 1.99. The van der Waals surface area contributed by atoms with Crippen LogP contribution in [0.3, 0.4) is 0 Å². The topological polar surface area (TPSA) is 75.4 Å². The van der Waals surface area contributed by atoms with E-state index in [0.29, 0.717) is 18.5 Å². The maximum atomic E-state index is 11.8. The number of nitrogens with two attached hydrogens (primary N) is 1. The minimum absolute atomic E-state index is 0.0479. The van der Waals surface area contributed by atoms with Crippen molar-refractivity contribution in [1.29, 1.82) is 0 Å². The van der Waals surface area contributed by atoms with Crippen molar-refractivity contribution in [3.63, 3.8) is 0 Å². The lowest BCUT2D eigenvalue weighted by Crippen LogP contribution is -2.35. The van der Waals surface area contributed by atoms with Crippen LogP contribution < -0.4 is 11.1 Å². The highest BCUT2D eigenvalue weighted by atomic mass is 16.2. The Morgan fingerprint density at radius 3 is 2.35 bits per heavy atom.